The molecule has 2 aromatic carbocycles. The van der Waals surface area contributed by atoms with Crippen LogP contribution in [-0.2, 0) is 0 Å². The third kappa shape index (κ3) is 3.94. The van der Waals surface area contributed by atoms with Crippen LogP contribution in [-0.4, -0.2) is 11.9 Å². The van der Waals surface area contributed by atoms with Gasteiger partial charge in [0.15, 0.2) is 0 Å². The summed E-state index contributed by atoms with van der Waals surface area (Å²) in [6.07, 6.45) is -4.47. The molecule has 4 heteroatoms. The topological polar surface area (TPSA) is 12.4 Å². The number of hydrogen-bond acceptors (Lipinski definition) is 1. The van der Waals surface area contributed by atoms with Gasteiger partial charge >= 0.3 is 6.18 Å². The number of benzene rings is 2. The summed E-state index contributed by atoms with van der Waals surface area (Å²) in [6, 6.07) is 14.6. The van der Waals surface area contributed by atoms with Crippen LogP contribution in [0.1, 0.15) is 29.7 Å². The highest BCUT2D eigenvalue weighted by atomic mass is 19.4. The molecule has 2 aromatic rings. The summed E-state index contributed by atoms with van der Waals surface area (Å²) in [6.45, 7) is 3.50. The lowest BCUT2D eigenvalue weighted by atomic mass is 10.1. The van der Waals surface area contributed by atoms with Crippen molar-refractivity contribution in [3.63, 3.8) is 0 Å². The second-order valence-electron chi connectivity index (χ2n) is 4.93. The Kier molecular flexibility index (Phi) is 4.46. The molecule has 0 aliphatic carbocycles. The van der Waals surface area contributed by atoms with E-state index >= 15 is 0 Å². The van der Waals surface area contributed by atoms with Crippen molar-refractivity contribution >= 4 is 5.71 Å². The Morgan fingerprint density at radius 2 is 1.52 bits per heavy atom. The molecule has 0 saturated carbocycles. The van der Waals surface area contributed by atoms with Crippen LogP contribution in [0.15, 0.2) is 59.6 Å². The number of hydrogen-bond donors (Lipinski definition) is 0. The van der Waals surface area contributed by atoms with Gasteiger partial charge in [0, 0.05) is 5.56 Å². The fraction of sp³-hybridized carbons (Fsp3) is 0.235. The largest absolute Gasteiger partial charge is 0.433 e. The maximum Gasteiger partial charge on any atom is 0.433 e. The first-order valence-corrected chi connectivity index (χ1v) is 6.65. The van der Waals surface area contributed by atoms with Crippen molar-refractivity contribution in [1.82, 2.24) is 0 Å². The highest BCUT2D eigenvalue weighted by Gasteiger charge is 2.37. The van der Waals surface area contributed by atoms with Gasteiger partial charge in [-0.25, -0.2) is 0 Å². The van der Waals surface area contributed by atoms with E-state index in [1.54, 1.807) is 43.3 Å². The van der Waals surface area contributed by atoms with E-state index in [2.05, 4.69) is 4.99 Å². The first kappa shape index (κ1) is 15.3. The Morgan fingerprint density at radius 3 is 2.05 bits per heavy atom. The zero-order valence-corrected chi connectivity index (χ0v) is 11.9. The Hall–Kier alpha value is -2.10. The van der Waals surface area contributed by atoms with Crippen LogP contribution in [0, 0.1) is 6.92 Å². The standard InChI is InChI=1S/C17H16F3N/c1-12-8-10-15(11-9-12)16(17(18,19)20)21-13(2)14-6-4-3-5-7-14/h3-11,13H,1-2H3/t13-/m1/s1. The number of aliphatic imine (C=N–C) groups is 1. The fourth-order valence-electron chi connectivity index (χ4n) is 2.02. The number of nitrogens with zero attached hydrogens (tertiary/aromatic N) is 1. The molecule has 1 nitrogen and oxygen atoms in total. The van der Waals surface area contributed by atoms with Crippen molar-refractivity contribution in [2.75, 3.05) is 0 Å². The molecule has 0 bridgehead atoms. The second-order valence-corrected chi connectivity index (χ2v) is 4.93. The summed E-state index contributed by atoms with van der Waals surface area (Å²) in [5.74, 6) is 0. The maximum absolute atomic E-state index is 13.3. The third-order valence-electron chi connectivity index (χ3n) is 3.20. The number of halogens is 3. The van der Waals surface area contributed by atoms with Crippen LogP contribution in [0.2, 0.25) is 0 Å². The molecular formula is C17H16F3N. The smallest absolute Gasteiger partial charge is 0.272 e. The van der Waals surface area contributed by atoms with E-state index in [4.69, 9.17) is 0 Å². The molecule has 0 saturated heterocycles. The second kappa shape index (κ2) is 6.12. The summed E-state index contributed by atoms with van der Waals surface area (Å²) >= 11 is 0. The average molecular weight is 291 g/mol. The van der Waals surface area contributed by atoms with Gasteiger partial charge in [0.05, 0.1) is 6.04 Å². The van der Waals surface area contributed by atoms with Crippen LogP contribution in [0.5, 0.6) is 0 Å². The van der Waals surface area contributed by atoms with Crippen LogP contribution in [0.3, 0.4) is 0 Å². The van der Waals surface area contributed by atoms with E-state index in [9.17, 15) is 13.2 Å². The molecule has 0 aromatic heterocycles. The normalized spacial score (nSPS) is 14.0. The molecule has 0 unspecified atom stereocenters. The Balaban J connectivity index is 2.41. The summed E-state index contributed by atoms with van der Waals surface area (Å²) in [4.78, 5) is 3.91. The first-order chi connectivity index (χ1) is 9.88. The maximum atomic E-state index is 13.3. The van der Waals surface area contributed by atoms with E-state index < -0.39 is 17.9 Å². The van der Waals surface area contributed by atoms with E-state index in [-0.39, 0.29) is 5.56 Å². The zero-order chi connectivity index (χ0) is 15.5. The molecule has 1 atom stereocenters. The highest BCUT2D eigenvalue weighted by Crippen LogP contribution is 2.27. The van der Waals surface area contributed by atoms with Gasteiger partial charge < -0.3 is 0 Å². The lowest BCUT2D eigenvalue weighted by Crippen LogP contribution is -2.24. The van der Waals surface area contributed by atoms with Gasteiger partial charge in [0.1, 0.15) is 5.71 Å². The van der Waals surface area contributed by atoms with Crippen molar-refractivity contribution in [1.29, 1.82) is 0 Å². The minimum Gasteiger partial charge on any atom is -0.272 e. The lowest BCUT2D eigenvalue weighted by Gasteiger charge is -2.15. The van der Waals surface area contributed by atoms with E-state index in [1.807, 2.05) is 13.0 Å². The van der Waals surface area contributed by atoms with Crippen LogP contribution < -0.4 is 0 Å². The molecule has 0 radical (unpaired) electrons. The van der Waals surface area contributed by atoms with E-state index in [0.717, 1.165) is 11.1 Å². The molecule has 2 rings (SSSR count). The Bertz CT molecular complexity index is 613. The molecule has 0 amide bonds. The minimum atomic E-state index is -4.47. The van der Waals surface area contributed by atoms with Crippen molar-refractivity contribution < 1.29 is 13.2 Å². The molecule has 0 aliphatic rings. The first-order valence-electron chi connectivity index (χ1n) is 6.65. The predicted molar refractivity (Wildman–Crippen MR) is 78.6 cm³/mol. The molecule has 21 heavy (non-hydrogen) atoms. The lowest BCUT2D eigenvalue weighted by molar-refractivity contribution is -0.0584. The van der Waals surface area contributed by atoms with Crippen LogP contribution in [0.4, 0.5) is 13.2 Å². The minimum absolute atomic E-state index is 0.0934. The highest BCUT2D eigenvalue weighted by molar-refractivity contribution is 6.04. The van der Waals surface area contributed by atoms with Gasteiger partial charge in [-0.15, -0.1) is 0 Å². The third-order valence-corrected chi connectivity index (χ3v) is 3.20. The van der Waals surface area contributed by atoms with Crippen molar-refractivity contribution in [2.24, 2.45) is 4.99 Å². The predicted octanol–water partition coefficient (Wildman–Crippen LogP) is 5.11. The van der Waals surface area contributed by atoms with Gasteiger partial charge in [0.2, 0.25) is 0 Å². The molecule has 0 aliphatic heterocycles. The van der Waals surface area contributed by atoms with Gasteiger partial charge in [-0.2, -0.15) is 13.2 Å². The van der Waals surface area contributed by atoms with Crippen molar-refractivity contribution in [3.8, 4) is 0 Å². The van der Waals surface area contributed by atoms with Gasteiger partial charge in [-0.05, 0) is 19.4 Å². The molecule has 0 fully saturated rings. The van der Waals surface area contributed by atoms with E-state index in [1.165, 1.54) is 12.1 Å². The quantitative estimate of drug-likeness (QED) is 0.697. The Labute approximate surface area is 122 Å². The van der Waals surface area contributed by atoms with Crippen molar-refractivity contribution in [2.45, 2.75) is 26.1 Å². The average Bonchev–Trinajstić information content (AvgIpc) is 2.45. The number of aryl methyl sites for hydroxylation is 1. The van der Waals surface area contributed by atoms with Crippen LogP contribution in [0.25, 0.3) is 0 Å². The molecule has 110 valence electrons. The molecular weight excluding hydrogens is 275 g/mol. The summed E-state index contributed by atoms with van der Waals surface area (Å²) in [7, 11) is 0. The number of rotatable bonds is 3. The van der Waals surface area contributed by atoms with Gasteiger partial charge in [-0.3, -0.25) is 4.99 Å². The SMILES string of the molecule is Cc1ccc(C(=N[C@H](C)c2ccccc2)C(F)(F)F)cc1. The monoisotopic (exact) mass is 291 g/mol. The number of alkyl halides is 3. The summed E-state index contributed by atoms with van der Waals surface area (Å²) < 4.78 is 39.8. The summed E-state index contributed by atoms with van der Waals surface area (Å²) in [5.41, 5.74) is 0.928. The van der Waals surface area contributed by atoms with Gasteiger partial charge in [-0.1, -0.05) is 60.2 Å². The van der Waals surface area contributed by atoms with E-state index in [0.29, 0.717) is 0 Å². The molecule has 0 spiro atoms. The van der Waals surface area contributed by atoms with Crippen LogP contribution >= 0.6 is 0 Å². The zero-order valence-electron chi connectivity index (χ0n) is 11.9. The molecule has 0 N–H and O–H groups in total. The summed E-state index contributed by atoms with van der Waals surface area (Å²) in [5, 5.41) is 0. The molecule has 0 heterocycles. The van der Waals surface area contributed by atoms with Gasteiger partial charge in [0.25, 0.3) is 0 Å². The fourth-order valence-corrected chi connectivity index (χ4v) is 2.02. The Morgan fingerprint density at radius 1 is 0.952 bits per heavy atom. The van der Waals surface area contributed by atoms with Crippen molar-refractivity contribution in [3.05, 3.63) is 71.3 Å².